The third kappa shape index (κ3) is 7.60. The van der Waals surface area contributed by atoms with E-state index in [1.165, 1.54) is 5.06 Å². The molecule has 0 unspecified atom stereocenters. The van der Waals surface area contributed by atoms with Gasteiger partial charge in [0, 0.05) is 0 Å². The van der Waals surface area contributed by atoms with E-state index in [4.69, 9.17) is 23.8 Å². The number of carbonyl (C=O) groups is 1. The van der Waals surface area contributed by atoms with Crippen LogP contribution in [0, 0.1) is 0 Å². The van der Waals surface area contributed by atoms with Crippen LogP contribution < -0.4 is 9.47 Å². The molecule has 0 aromatic heterocycles. The number of benzene rings is 3. The van der Waals surface area contributed by atoms with E-state index < -0.39 is 23.8 Å². The number of amides is 1. The Labute approximate surface area is 224 Å². The zero-order valence-corrected chi connectivity index (χ0v) is 22.3. The van der Waals surface area contributed by atoms with Crippen molar-refractivity contribution < 1.29 is 28.6 Å². The molecule has 0 bridgehead atoms. The van der Waals surface area contributed by atoms with Gasteiger partial charge < -0.3 is 18.9 Å². The van der Waals surface area contributed by atoms with E-state index in [0.29, 0.717) is 24.7 Å². The Kier molecular flexibility index (Phi) is 9.05. The normalized spacial score (nSPS) is 17.2. The second kappa shape index (κ2) is 12.6. The lowest BCUT2D eigenvalue weighted by atomic mass is 10.1. The van der Waals surface area contributed by atoms with Crippen molar-refractivity contribution in [3.63, 3.8) is 0 Å². The van der Waals surface area contributed by atoms with Gasteiger partial charge in [0.1, 0.15) is 24.4 Å². The number of nitrogens with zero attached hydrogens (tertiary/aromatic N) is 1. The van der Waals surface area contributed by atoms with Crippen molar-refractivity contribution in [3.8, 4) is 11.5 Å². The zero-order valence-electron chi connectivity index (χ0n) is 22.3. The number of hydrogen-bond acceptors (Lipinski definition) is 6. The van der Waals surface area contributed by atoms with Crippen molar-refractivity contribution in [2.24, 2.45) is 0 Å². The van der Waals surface area contributed by atoms with Crippen molar-refractivity contribution in [2.45, 2.75) is 51.7 Å². The summed E-state index contributed by atoms with van der Waals surface area (Å²) in [6.07, 6.45) is 2.73. The van der Waals surface area contributed by atoms with Gasteiger partial charge in [0.2, 0.25) is 0 Å². The third-order valence-corrected chi connectivity index (χ3v) is 5.76. The van der Waals surface area contributed by atoms with Crippen LogP contribution in [0.15, 0.2) is 91.0 Å². The second-order valence-electron chi connectivity index (χ2n) is 9.97. The average Bonchev–Trinajstić information content (AvgIpc) is 2.92. The summed E-state index contributed by atoms with van der Waals surface area (Å²) in [5, 5.41) is 1.26. The van der Waals surface area contributed by atoms with Crippen LogP contribution in [-0.4, -0.2) is 36.5 Å². The highest BCUT2D eigenvalue weighted by Gasteiger charge is 2.34. The summed E-state index contributed by atoms with van der Waals surface area (Å²) in [5.41, 5.74) is 2.25. The zero-order chi connectivity index (χ0) is 27.0. The minimum absolute atomic E-state index is 0.257. The molecule has 7 heteroatoms. The number of hydrogen-bond donors (Lipinski definition) is 0. The fourth-order valence-corrected chi connectivity index (χ4v) is 3.91. The summed E-state index contributed by atoms with van der Waals surface area (Å²) in [6, 6.07) is 25.0. The molecule has 1 aliphatic rings. The largest absolute Gasteiger partial charge is 0.493 e. The van der Waals surface area contributed by atoms with E-state index in [1.54, 1.807) is 7.11 Å². The van der Waals surface area contributed by atoms with Gasteiger partial charge in [-0.2, -0.15) is 5.06 Å². The smallest absolute Gasteiger partial charge is 0.435 e. The van der Waals surface area contributed by atoms with Crippen LogP contribution in [0.25, 0.3) is 0 Å². The van der Waals surface area contributed by atoms with E-state index >= 15 is 0 Å². The van der Waals surface area contributed by atoms with Crippen molar-refractivity contribution in [3.05, 3.63) is 108 Å². The average molecular weight is 518 g/mol. The van der Waals surface area contributed by atoms with Gasteiger partial charge in [0.05, 0.1) is 20.3 Å². The molecule has 0 aliphatic carbocycles. The van der Waals surface area contributed by atoms with Crippen LogP contribution in [0.3, 0.4) is 0 Å². The maximum atomic E-state index is 13.1. The molecule has 0 spiro atoms. The van der Waals surface area contributed by atoms with Gasteiger partial charge in [0.25, 0.3) is 0 Å². The fourth-order valence-electron chi connectivity index (χ4n) is 3.91. The summed E-state index contributed by atoms with van der Waals surface area (Å²) < 4.78 is 23.1. The molecule has 1 heterocycles. The van der Waals surface area contributed by atoms with E-state index in [2.05, 4.69) is 0 Å². The summed E-state index contributed by atoms with van der Waals surface area (Å²) in [6.45, 7) is 6.57. The van der Waals surface area contributed by atoms with Crippen molar-refractivity contribution >= 4 is 6.09 Å². The predicted octanol–water partition coefficient (Wildman–Crippen LogP) is 6.64. The highest BCUT2D eigenvalue weighted by atomic mass is 16.7. The lowest BCUT2D eigenvalue weighted by molar-refractivity contribution is -0.200. The Hall–Kier alpha value is -3.81. The molecule has 1 amide bonds. The molecule has 3 aromatic rings. The first-order valence-corrected chi connectivity index (χ1v) is 12.7. The SMILES string of the molecule is COc1cc([C@@H]2C=C[C@H](COCc3ccccc3)N(C(=O)OC(C)(C)C)O2)ccc1OCc1ccccc1. The number of ether oxygens (including phenoxy) is 4. The molecule has 0 N–H and O–H groups in total. The van der Waals surface area contributed by atoms with Crippen LogP contribution in [0.5, 0.6) is 11.5 Å². The van der Waals surface area contributed by atoms with E-state index in [9.17, 15) is 4.79 Å². The summed E-state index contributed by atoms with van der Waals surface area (Å²) in [4.78, 5) is 19.2. The standard InChI is InChI=1S/C31H35NO6/c1-31(2,3)37-30(33)32-26(22-35-20-23-11-7-5-8-12-23)16-18-27(38-32)25-15-17-28(29(19-25)34-4)36-21-24-13-9-6-10-14-24/h5-19,26-27H,20-22H2,1-4H3/t26-,27+/m1/s1. The third-order valence-electron chi connectivity index (χ3n) is 5.76. The van der Waals surface area contributed by atoms with Gasteiger partial charge in [-0.1, -0.05) is 78.9 Å². The maximum absolute atomic E-state index is 13.1. The molecular formula is C31H35NO6. The Morgan fingerprint density at radius 3 is 2.16 bits per heavy atom. The molecule has 38 heavy (non-hydrogen) atoms. The maximum Gasteiger partial charge on any atom is 0.435 e. The summed E-state index contributed by atoms with van der Waals surface area (Å²) in [5.74, 6) is 1.20. The monoisotopic (exact) mass is 517 g/mol. The number of rotatable bonds is 9. The van der Waals surface area contributed by atoms with Crippen molar-refractivity contribution in [1.82, 2.24) is 5.06 Å². The fraction of sp³-hybridized carbons (Fsp3) is 0.323. The first-order chi connectivity index (χ1) is 18.3. The van der Waals surface area contributed by atoms with Crippen molar-refractivity contribution in [2.75, 3.05) is 13.7 Å². The van der Waals surface area contributed by atoms with Gasteiger partial charge in [-0.3, -0.25) is 4.84 Å². The quantitative estimate of drug-likeness (QED) is 0.297. The molecule has 0 saturated heterocycles. The Balaban J connectivity index is 1.48. The number of carbonyl (C=O) groups excluding carboxylic acids is 1. The van der Waals surface area contributed by atoms with Gasteiger partial charge in [-0.15, -0.1) is 0 Å². The highest BCUT2D eigenvalue weighted by Crippen LogP contribution is 2.35. The molecule has 0 radical (unpaired) electrons. The molecule has 4 rings (SSSR count). The van der Waals surface area contributed by atoms with Crippen LogP contribution in [-0.2, 0) is 27.5 Å². The Morgan fingerprint density at radius 2 is 1.53 bits per heavy atom. The van der Waals surface area contributed by atoms with Gasteiger partial charge in [-0.05, 0) is 49.6 Å². The van der Waals surface area contributed by atoms with Crippen LogP contribution in [0.2, 0.25) is 0 Å². The summed E-state index contributed by atoms with van der Waals surface area (Å²) in [7, 11) is 1.60. The lowest BCUT2D eigenvalue weighted by Crippen LogP contribution is -2.46. The minimum Gasteiger partial charge on any atom is -0.493 e. The minimum atomic E-state index is -0.673. The predicted molar refractivity (Wildman–Crippen MR) is 145 cm³/mol. The first kappa shape index (κ1) is 27.2. The van der Waals surface area contributed by atoms with Crippen molar-refractivity contribution in [1.29, 1.82) is 0 Å². The van der Waals surface area contributed by atoms with Gasteiger partial charge >= 0.3 is 6.09 Å². The second-order valence-corrected chi connectivity index (χ2v) is 9.97. The number of methoxy groups -OCH3 is 1. The summed E-state index contributed by atoms with van der Waals surface area (Å²) >= 11 is 0. The number of hydroxylamine groups is 2. The van der Waals surface area contributed by atoms with Crippen LogP contribution in [0.1, 0.15) is 43.6 Å². The molecule has 0 saturated carbocycles. The molecule has 200 valence electrons. The lowest BCUT2D eigenvalue weighted by Gasteiger charge is -2.36. The van der Waals surface area contributed by atoms with Gasteiger partial charge in [-0.25, -0.2) is 4.79 Å². The first-order valence-electron chi connectivity index (χ1n) is 12.7. The van der Waals surface area contributed by atoms with E-state index in [1.807, 2.05) is 112 Å². The van der Waals surface area contributed by atoms with Crippen LogP contribution >= 0.6 is 0 Å². The topological polar surface area (TPSA) is 66.5 Å². The Bertz CT molecular complexity index is 1210. The molecule has 7 nitrogen and oxygen atoms in total. The molecule has 1 aliphatic heterocycles. The van der Waals surface area contributed by atoms with E-state index in [-0.39, 0.29) is 6.61 Å². The molecule has 0 fully saturated rings. The molecule has 2 atom stereocenters. The van der Waals surface area contributed by atoms with Gasteiger partial charge in [0.15, 0.2) is 11.5 Å². The Morgan fingerprint density at radius 1 is 0.868 bits per heavy atom. The molecule has 3 aromatic carbocycles. The van der Waals surface area contributed by atoms with E-state index in [0.717, 1.165) is 16.7 Å². The van der Waals surface area contributed by atoms with Crippen LogP contribution in [0.4, 0.5) is 4.79 Å². The highest BCUT2D eigenvalue weighted by molar-refractivity contribution is 5.68. The molecular weight excluding hydrogens is 482 g/mol.